The van der Waals surface area contributed by atoms with Crippen molar-refractivity contribution in [3.8, 4) is 0 Å². The average Bonchev–Trinajstić information content (AvgIpc) is 3.65. The Kier molecular flexibility index (Phi) is 6.86. The van der Waals surface area contributed by atoms with Gasteiger partial charge in [-0.2, -0.15) is 0 Å². The van der Waals surface area contributed by atoms with Gasteiger partial charge < -0.3 is 20.1 Å². The molecule has 2 aliphatic rings. The molecule has 1 fully saturated rings. The van der Waals surface area contributed by atoms with Gasteiger partial charge in [-0.25, -0.2) is 0 Å². The van der Waals surface area contributed by atoms with Crippen molar-refractivity contribution in [3.63, 3.8) is 0 Å². The highest BCUT2D eigenvalue weighted by Crippen LogP contribution is 2.51. The summed E-state index contributed by atoms with van der Waals surface area (Å²) in [6.45, 7) is 1.49. The number of ether oxygens (including phenoxy) is 1. The van der Waals surface area contributed by atoms with Gasteiger partial charge in [0.1, 0.15) is 5.60 Å². The Balaban J connectivity index is 1.70. The van der Waals surface area contributed by atoms with Crippen LogP contribution >= 0.6 is 23.2 Å². The van der Waals surface area contributed by atoms with Crippen molar-refractivity contribution in [1.29, 1.82) is 0 Å². The second-order valence-corrected chi connectivity index (χ2v) is 11.2. The van der Waals surface area contributed by atoms with Gasteiger partial charge in [0.2, 0.25) is 0 Å². The third-order valence-electron chi connectivity index (χ3n) is 7.54. The van der Waals surface area contributed by atoms with Gasteiger partial charge >= 0.3 is 0 Å². The van der Waals surface area contributed by atoms with E-state index in [0.717, 1.165) is 18.4 Å². The number of hydrogen-bond acceptors (Lipinski definition) is 5. The zero-order chi connectivity index (χ0) is 26.4. The lowest BCUT2D eigenvalue weighted by Crippen LogP contribution is -2.47. The van der Waals surface area contributed by atoms with Crippen LogP contribution < -0.4 is 0 Å². The third kappa shape index (κ3) is 4.67. The summed E-state index contributed by atoms with van der Waals surface area (Å²) in [4.78, 5) is 15.8. The Bertz CT molecular complexity index is 1300. The van der Waals surface area contributed by atoms with Crippen LogP contribution in [0.2, 0.25) is 10.0 Å². The number of hydrogen-bond donors (Lipinski definition) is 3. The standard InChI is InChI=1S/C29H29Cl2NO5/c1-27(36,16-33)21-6-11-25-24(14-21)26(35)32(15-19-2-7-22(30)8-3-19)29(25,20-4-9-23(31)10-5-20)37-18-28(17-34)12-13-28/h2-11,14,33-34,36H,12-13,15-18H2,1H3/t27?,29-/m1/s1. The van der Waals surface area contributed by atoms with Crippen LogP contribution in [0, 0.1) is 5.41 Å². The fraction of sp³-hybridized carbons (Fsp3) is 0.345. The molecule has 1 unspecified atom stereocenters. The number of carbonyl (C=O) groups is 1. The molecule has 0 spiro atoms. The van der Waals surface area contributed by atoms with Crippen molar-refractivity contribution in [1.82, 2.24) is 4.90 Å². The van der Waals surface area contributed by atoms with E-state index >= 15 is 0 Å². The lowest BCUT2D eigenvalue weighted by molar-refractivity contribution is -0.128. The molecule has 3 aromatic carbocycles. The molecule has 8 heteroatoms. The van der Waals surface area contributed by atoms with E-state index in [0.29, 0.717) is 32.3 Å². The largest absolute Gasteiger partial charge is 0.396 e. The molecular formula is C29H29Cl2NO5. The number of carbonyl (C=O) groups excluding carboxylic acids is 1. The van der Waals surface area contributed by atoms with Gasteiger partial charge in [-0.3, -0.25) is 9.69 Å². The number of aliphatic hydroxyl groups excluding tert-OH is 2. The molecule has 3 N–H and O–H groups in total. The van der Waals surface area contributed by atoms with Crippen LogP contribution in [0.3, 0.4) is 0 Å². The molecular weight excluding hydrogens is 513 g/mol. The summed E-state index contributed by atoms with van der Waals surface area (Å²) in [6.07, 6.45) is 1.69. The second kappa shape index (κ2) is 9.70. The third-order valence-corrected chi connectivity index (χ3v) is 8.04. The average molecular weight is 542 g/mol. The molecule has 1 aliphatic heterocycles. The minimum absolute atomic E-state index is 0.00000924. The van der Waals surface area contributed by atoms with E-state index in [1.54, 1.807) is 47.4 Å². The van der Waals surface area contributed by atoms with Crippen LogP contribution in [0.1, 0.15) is 52.4 Å². The highest BCUT2D eigenvalue weighted by molar-refractivity contribution is 6.30. The van der Waals surface area contributed by atoms with E-state index < -0.39 is 17.9 Å². The van der Waals surface area contributed by atoms with Crippen molar-refractivity contribution in [2.45, 2.75) is 37.6 Å². The molecule has 0 saturated heterocycles. The molecule has 1 aliphatic carbocycles. The van der Waals surface area contributed by atoms with Gasteiger partial charge in [0.25, 0.3) is 5.91 Å². The maximum atomic E-state index is 14.1. The zero-order valence-corrected chi connectivity index (χ0v) is 22.0. The first-order chi connectivity index (χ1) is 17.6. The molecule has 37 heavy (non-hydrogen) atoms. The van der Waals surface area contributed by atoms with Crippen LogP contribution in [0.15, 0.2) is 66.7 Å². The molecule has 1 saturated carbocycles. The van der Waals surface area contributed by atoms with Crippen LogP contribution in [-0.2, 0) is 22.6 Å². The molecule has 1 amide bonds. The Morgan fingerprint density at radius 2 is 1.59 bits per heavy atom. The molecule has 3 aromatic rings. The van der Waals surface area contributed by atoms with Crippen LogP contribution in [-0.4, -0.2) is 45.9 Å². The first-order valence-corrected chi connectivity index (χ1v) is 13.0. The molecule has 194 valence electrons. The van der Waals surface area contributed by atoms with Crippen LogP contribution in [0.5, 0.6) is 0 Å². The van der Waals surface area contributed by atoms with E-state index in [1.165, 1.54) is 6.92 Å². The van der Waals surface area contributed by atoms with Gasteiger partial charge in [-0.15, -0.1) is 0 Å². The summed E-state index contributed by atoms with van der Waals surface area (Å²) < 4.78 is 6.76. The molecule has 6 nitrogen and oxygen atoms in total. The highest BCUT2D eigenvalue weighted by Gasteiger charge is 2.55. The van der Waals surface area contributed by atoms with Crippen LogP contribution in [0.25, 0.3) is 0 Å². The van der Waals surface area contributed by atoms with Gasteiger partial charge in [-0.1, -0.05) is 59.6 Å². The van der Waals surface area contributed by atoms with Crippen molar-refractivity contribution < 1.29 is 24.9 Å². The Labute approximate surface area is 226 Å². The summed E-state index contributed by atoms with van der Waals surface area (Å²) >= 11 is 12.3. The summed E-state index contributed by atoms with van der Waals surface area (Å²) in [5.41, 5.74) is -0.148. The van der Waals surface area contributed by atoms with Crippen molar-refractivity contribution in [2.24, 2.45) is 5.41 Å². The number of nitrogens with zero attached hydrogens (tertiary/aromatic N) is 1. The van der Waals surface area contributed by atoms with Gasteiger partial charge in [0, 0.05) is 38.7 Å². The Hall–Kier alpha value is -2.45. The van der Waals surface area contributed by atoms with Crippen molar-refractivity contribution in [2.75, 3.05) is 19.8 Å². The summed E-state index contributed by atoms with van der Waals surface area (Å²) in [7, 11) is 0. The number of aliphatic hydroxyl groups is 3. The summed E-state index contributed by atoms with van der Waals surface area (Å²) in [5, 5.41) is 31.6. The maximum absolute atomic E-state index is 14.1. The SMILES string of the molecule is CC(O)(CO)c1ccc2c(c1)C(=O)N(Cc1ccc(Cl)cc1)[C@@]2(OCC1(CO)CC1)c1ccc(Cl)cc1. The van der Waals surface area contributed by atoms with Crippen molar-refractivity contribution in [3.05, 3.63) is 105 Å². The fourth-order valence-electron chi connectivity index (χ4n) is 4.84. The molecule has 1 heterocycles. The number of benzene rings is 3. The fourth-order valence-corrected chi connectivity index (χ4v) is 5.09. The Morgan fingerprint density at radius 1 is 0.973 bits per heavy atom. The predicted octanol–water partition coefficient (Wildman–Crippen LogP) is 4.84. The van der Waals surface area contributed by atoms with E-state index in [2.05, 4.69) is 0 Å². The number of rotatable bonds is 9. The van der Waals surface area contributed by atoms with Gasteiger partial charge in [0.05, 0.1) is 19.8 Å². The van der Waals surface area contributed by atoms with Crippen LogP contribution in [0.4, 0.5) is 0 Å². The number of fused-ring (bicyclic) bond motifs is 1. The zero-order valence-electron chi connectivity index (χ0n) is 20.5. The lowest BCUT2D eigenvalue weighted by Gasteiger charge is -2.40. The van der Waals surface area contributed by atoms with Gasteiger partial charge in [0.15, 0.2) is 5.72 Å². The molecule has 0 aromatic heterocycles. The monoisotopic (exact) mass is 541 g/mol. The molecule has 0 bridgehead atoms. The molecule has 2 atom stereocenters. The normalized spacial score (nSPS) is 21.6. The smallest absolute Gasteiger partial charge is 0.257 e. The van der Waals surface area contributed by atoms with E-state index in [9.17, 15) is 20.1 Å². The lowest BCUT2D eigenvalue weighted by atomic mass is 9.88. The van der Waals surface area contributed by atoms with E-state index in [-0.39, 0.29) is 31.1 Å². The van der Waals surface area contributed by atoms with E-state index in [1.807, 2.05) is 24.3 Å². The topological polar surface area (TPSA) is 90.2 Å². The van der Waals surface area contributed by atoms with Crippen molar-refractivity contribution >= 4 is 29.1 Å². The minimum Gasteiger partial charge on any atom is -0.396 e. The van der Waals surface area contributed by atoms with E-state index in [4.69, 9.17) is 27.9 Å². The number of halogens is 2. The first-order valence-electron chi connectivity index (χ1n) is 12.2. The number of amides is 1. The maximum Gasteiger partial charge on any atom is 0.257 e. The Morgan fingerprint density at radius 3 is 2.16 bits per heavy atom. The summed E-state index contributed by atoms with van der Waals surface area (Å²) in [6, 6.07) is 19.6. The minimum atomic E-state index is -1.52. The first kappa shape index (κ1) is 26.2. The predicted molar refractivity (Wildman–Crippen MR) is 141 cm³/mol. The molecule has 0 radical (unpaired) electrons. The second-order valence-electron chi connectivity index (χ2n) is 10.3. The highest BCUT2D eigenvalue weighted by atomic mass is 35.5. The molecule has 5 rings (SSSR count). The van der Waals surface area contributed by atoms with Gasteiger partial charge in [-0.05, 0) is 61.2 Å². The quantitative estimate of drug-likeness (QED) is 0.360. The summed E-state index contributed by atoms with van der Waals surface area (Å²) in [5.74, 6) is -0.274.